The van der Waals surface area contributed by atoms with Crippen LogP contribution in [0.15, 0.2) is 24.5 Å². The lowest BCUT2D eigenvalue weighted by molar-refractivity contribution is -0.141. The molecule has 0 aliphatic rings. The Morgan fingerprint density at radius 1 is 1.26 bits per heavy atom. The molecule has 0 radical (unpaired) electrons. The van der Waals surface area contributed by atoms with Crippen molar-refractivity contribution < 1.29 is 32.5 Å². The molecule has 1 amide bonds. The number of methoxy groups -OCH3 is 1. The third-order valence-electron chi connectivity index (χ3n) is 3.27. The summed E-state index contributed by atoms with van der Waals surface area (Å²) >= 11 is 5.96. The molecule has 1 aromatic carbocycles. The number of anilines is 1. The van der Waals surface area contributed by atoms with Gasteiger partial charge in [0, 0.05) is 17.7 Å². The van der Waals surface area contributed by atoms with Gasteiger partial charge < -0.3 is 19.9 Å². The number of phenolic OH excluding ortho intramolecular Hbond substituents is 1. The molecule has 0 unspecified atom stereocenters. The van der Waals surface area contributed by atoms with Gasteiger partial charge in [-0.2, -0.15) is 13.2 Å². The second-order valence-electron chi connectivity index (χ2n) is 5.25. The maximum absolute atomic E-state index is 12.5. The van der Waals surface area contributed by atoms with Gasteiger partial charge in [-0.3, -0.25) is 4.79 Å². The number of carbonyl (C=O) groups excluding carboxylic acids is 1. The maximum atomic E-state index is 12.5. The van der Waals surface area contributed by atoms with Gasteiger partial charge >= 0.3 is 6.18 Å². The van der Waals surface area contributed by atoms with Crippen molar-refractivity contribution in [2.24, 2.45) is 0 Å². The van der Waals surface area contributed by atoms with Gasteiger partial charge in [-0.1, -0.05) is 11.6 Å². The molecule has 27 heavy (non-hydrogen) atoms. The molecule has 1 heterocycles. The van der Waals surface area contributed by atoms with Crippen LogP contribution in [0.4, 0.5) is 19.0 Å². The van der Waals surface area contributed by atoms with Crippen LogP contribution in [-0.2, 0) is 22.3 Å². The second-order valence-corrected chi connectivity index (χ2v) is 5.68. The van der Waals surface area contributed by atoms with Gasteiger partial charge in [-0.05, 0) is 12.1 Å². The predicted octanol–water partition coefficient (Wildman–Crippen LogP) is 3.27. The fourth-order valence-corrected chi connectivity index (χ4v) is 2.23. The quantitative estimate of drug-likeness (QED) is 0.687. The number of phenols is 1. The van der Waals surface area contributed by atoms with Crippen molar-refractivity contribution in [1.82, 2.24) is 9.97 Å². The van der Waals surface area contributed by atoms with Crippen LogP contribution in [0.5, 0.6) is 5.75 Å². The normalized spacial score (nSPS) is 11.4. The Kier molecular flexibility index (Phi) is 6.94. The summed E-state index contributed by atoms with van der Waals surface area (Å²) in [5.74, 6) is -1.40. The Hall–Kier alpha value is -2.43. The second kappa shape index (κ2) is 8.98. The minimum absolute atomic E-state index is 0.0177. The Labute approximate surface area is 157 Å². The maximum Gasteiger partial charge on any atom is 0.434 e. The zero-order valence-electron chi connectivity index (χ0n) is 14.0. The van der Waals surface area contributed by atoms with E-state index in [1.807, 2.05) is 0 Å². The fourth-order valence-electron chi connectivity index (χ4n) is 1.99. The minimum atomic E-state index is -4.64. The lowest BCUT2D eigenvalue weighted by atomic mass is 10.1. The Balaban J connectivity index is 2.14. The van der Waals surface area contributed by atoms with E-state index in [-0.39, 0.29) is 40.9 Å². The molecule has 11 heteroatoms. The number of hydrogen-bond acceptors (Lipinski definition) is 6. The molecule has 0 aliphatic carbocycles. The monoisotopic (exact) mass is 405 g/mol. The standard InChI is InChI=1S/C16H15ClF3N3O4/c1-26-2-3-27-8-9-4-10(17)5-11(14(9)24)15(25)23-13-7-21-12(6-22-13)16(18,19)20/h4-7,24H,2-3,8H2,1H3,(H,22,23,25). The Morgan fingerprint density at radius 3 is 2.59 bits per heavy atom. The van der Waals surface area contributed by atoms with E-state index in [0.29, 0.717) is 12.8 Å². The van der Waals surface area contributed by atoms with E-state index in [1.54, 1.807) is 0 Å². The molecule has 0 atom stereocenters. The molecule has 1 aromatic heterocycles. The zero-order chi connectivity index (χ0) is 20.0. The number of nitrogens with zero attached hydrogens (tertiary/aromatic N) is 2. The Bertz CT molecular complexity index is 801. The summed E-state index contributed by atoms with van der Waals surface area (Å²) < 4.78 is 47.6. The van der Waals surface area contributed by atoms with Crippen molar-refractivity contribution in [3.63, 3.8) is 0 Å². The number of rotatable bonds is 7. The number of hydrogen-bond donors (Lipinski definition) is 2. The molecule has 0 saturated carbocycles. The van der Waals surface area contributed by atoms with E-state index in [9.17, 15) is 23.1 Å². The molecular weight excluding hydrogens is 391 g/mol. The molecule has 146 valence electrons. The molecule has 7 nitrogen and oxygen atoms in total. The molecule has 0 saturated heterocycles. The van der Waals surface area contributed by atoms with Gasteiger partial charge in [0.15, 0.2) is 11.5 Å². The van der Waals surface area contributed by atoms with Crippen molar-refractivity contribution in [3.8, 4) is 5.75 Å². The molecule has 0 aliphatic heterocycles. The number of alkyl halides is 3. The largest absolute Gasteiger partial charge is 0.507 e. The average molecular weight is 406 g/mol. The van der Waals surface area contributed by atoms with Crippen LogP contribution in [0.3, 0.4) is 0 Å². The van der Waals surface area contributed by atoms with Gasteiger partial charge in [0.25, 0.3) is 5.91 Å². The average Bonchev–Trinajstić information content (AvgIpc) is 2.60. The molecule has 2 rings (SSSR count). The van der Waals surface area contributed by atoms with Gasteiger partial charge in [0.1, 0.15) is 5.75 Å². The number of aromatic nitrogens is 2. The minimum Gasteiger partial charge on any atom is -0.507 e. The first-order valence-electron chi connectivity index (χ1n) is 7.51. The van der Waals surface area contributed by atoms with Gasteiger partial charge in [-0.15, -0.1) is 0 Å². The molecule has 0 fully saturated rings. The van der Waals surface area contributed by atoms with Crippen LogP contribution in [0.25, 0.3) is 0 Å². The number of benzene rings is 1. The molecule has 2 aromatic rings. The van der Waals surface area contributed by atoms with Gasteiger partial charge in [0.05, 0.1) is 37.8 Å². The summed E-state index contributed by atoms with van der Waals surface area (Å²) in [6.07, 6.45) is -3.39. The Morgan fingerprint density at radius 2 is 2.00 bits per heavy atom. The first kappa shape index (κ1) is 20.9. The summed E-state index contributed by atoms with van der Waals surface area (Å²) in [4.78, 5) is 19.0. The van der Waals surface area contributed by atoms with E-state index in [4.69, 9.17) is 21.1 Å². The third-order valence-corrected chi connectivity index (χ3v) is 3.49. The van der Waals surface area contributed by atoms with Crippen LogP contribution >= 0.6 is 11.6 Å². The summed E-state index contributed by atoms with van der Waals surface area (Å²) in [5.41, 5.74) is -1.11. The van der Waals surface area contributed by atoms with Crippen LogP contribution in [0, 0.1) is 0 Å². The van der Waals surface area contributed by atoms with Crippen molar-refractivity contribution >= 4 is 23.3 Å². The molecule has 0 bridgehead atoms. The van der Waals surface area contributed by atoms with E-state index in [1.165, 1.54) is 19.2 Å². The molecular formula is C16H15ClF3N3O4. The van der Waals surface area contributed by atoms with Crippen LogP contribution in [0.2, 0.25) is 5.02 Å². The first-order valence-corrected chi connectivity index (χ1v) is 7.89. The number of halogens is 4. The fraction of sp³-hybridized carbons (Fsp3) is 0.312. The number of ether oxygens (including phenoxy) is 2. The number of nitrogens with one attached hydrogen (secondary N) is 1. The highest BCUT2D eigenvalue weighted by molar-refractivity contribution is 6.31. The van der Waals surface area contributed by atoms with E-state index < -0.39 is 17.8 Å². The third kappa shape index (κ3) is 5.78. The summed E-state index contributed by atoms with van der Waals surface area (Å²) in [6, 6.07) is 2.64. The summed E-state index contributed by atoms with van der Waals surface area (Å²) in [5, 5.41) is 12.7. The zero-order valence-corrected chi connectivity index (χ0v) is 14.8. The predicted molar refractivity (Wildman–Crippen MR) is 89.6 cm³/mol. The summed E-state index contributed by atoms with van der Waals surface area (Å²) in [7, 11) is 1.51. The highest BCUT2D eigenvalue weighted by Gasteiger charge is 2.32. The number of amides is 1. The van der Waals surface area contributed by atoms with Crippen LogP contribution in [-0.4, -0.2) is 41.3 Å². The van der Waals surface area contributed by atoms with Crippen molar-refractivity contribution in [3.05, 3.63) is 46.4 Å². The lowest BCUT2D eigenvalue weighted by Crippen LogP contribution is -2.15. The summed E-state index contributed by atoms with van der Waals surface area (Å²) in [6.45, 7) is 0.600. The highest BCUT2D eigenvalue weighted by atomic mass is 35.5. The van der Waals surface area contributed by atoms with E-state index in [2.05, 4.69) is 15.3 Å². The molecule has 0 spiro atoms. The van der Waals surface area contributed by atoms with Crippen LogP contribution < -0.4 is 5.32 Å². The highest BCUT2D eigenvalue weighted by Crippen LogP contribution is 2.29. The van der Waals surface area contributed by atoms with Gasteiger partial charge in [0.2, 0.25) is 0 Å². The number of carbonyl (C=O) groups is 1. The smallest absolute Gasteiger partial charge is 0.434 e. The van der Waals surface area contributed by atoms with Gasteiger partial charge in [-0.25, -0.2) is 9.97 Å². The lowest BCUT2D eigenvalue weighted by Gasteiger charge is -2.12. The van der Waals surface area contributed by atoms with E-state index >= 15 is 0 Å². The van der Waals surface area contributed by atoms with E-state index in [0.717, 1.165) is 6.20 Å². The topological polar surface area (TPSA) is 93.6 Å². The van der Waals surface area contributed by atoms with Crippen molar-refractivity contribution in [2.45, 2.75) is 12.8 Å². The van der Waals surface area contributed by atoms with Crippen LogP contribution in [0.1, 0.15) is 21.6 Å². The SMILES string of the molecule is COCCOCc1cc(Cl)cc(C(=O)Nc2cnc(C(F)(F)F)cn2)c1O. The number of aromatic hydroxyl groups is 1. The van der Waals surface area contributed by atoms with Crippen molar-refractivity contribution in [1.29, 1.82) is 0 Å². The first-order chi connectivity index (χ1) is 12.7. The van der Waals surface area contributed by atoms with Crippen molar-refractivity contribution in [2.75, 3.05) is 25.6 Å². The molecule has 2 N–H and O–H groups in total.